The standard InChI is InChI=1S/C24H32N4O.C21H28N4O2.C21H28N4O/c25-22-8-4-5-9-23(22)27-24(29)19-10-12-20(13-11-19)26-21-14-15-28(17-21)16-18-6-2-1-3-7-18;1-21(2,27)14-25-12-11-17(13-25)23-16-9-7-15(8-10-16)20(26)24-19-6-4-3-5-18(19)22;1-15(2)13-25-12-11-18(14-25)23-17-9-7-16(8-10-17)21(26)24-20-6-4-3-5-19(20)22/h4-5,8-13,18,21,26H,1-3,6-7,14-17,25H2,(H,27,29);3-10,17,23,27H,11-14,22H2,1-2H3,(H,24,26);3-10,15,18,23H,11-14,22H2,1-2H3,(H,24,26)/t21-;17-;18-/m110/s1. The predicted molar refractivity (Wildman–Crippen MR) is 339 cm³/mol. The van der Waals surface area contributed by atoms with Gasteiger partial charge in [-0.3, -0.25) is 19.3 Å². The molecule has 16 heteroatoms. The maximum atomic E-state index is 12.5. The number of rotatable bonds is 18. The van der Waals surface area contributed by atoms with Gasteiger partial charge in [0.25, 0.3) is 17.7 Å². The third-order valence-electron chi connectivity index (χ3n) is 15.5. The normalized spacial score (nSPS) is 18.6. The molecule has 0 spiro atoms. The van der Waals surface area contributed by atoms with Crippen molar-refractivity contribution < 1.29 is 19.5 Å². The summed E-state index contributed by atoms with van der Waals surface area (Å²) in [6.07, 6.45) is 10.4. The van der Waals surface area contributed by atoms with E-state index < -0.39 is 5.60 Å². The number of amides is 3. The van der Waals surface area contributed by atoms with Gasteiger partial charge in [-0.2, -0.15) is 0 Å². The number of anilines is 9. The average Bonchev–Trinajstić information content (AvgIpc) is 4.31. The highest BCUT2D eigenvalue weighted by molar-refractivity contribution is 6.07. The predicted octanol–water partition coefficient (Wildman–Crippen LogP) is 11.0. The van der Waals surface area contributed by atoms with Gasteiger partial charge in [0.05, 0.1) is 39.7 Å². The molecule has 10 rings (SSSR count). The summed E-state index contributed by atoms with van der Waals surface area (Å²) in [6, 6.07) is 45.9. The van der Waals surface area contributed by atoms with Gasteiger partial charge in [-0.15, -0.1) is 0 Å². The minimum atomic E-state index is -0.675. The van der Waals surface area contributed by atoms with Crippen LogP contribution < -0.4 is 49.1 Å². The van der Waals surface area contributed by atoms with Crippen LogP contribution in [0.2, 0.25) is 0 Å². The van der Waals surface area contributed by atoms with Crippen molar-refractivity contribution in [2.75, 3.05) is 108 Å². The van der Waals surface area contributed by atoms with Crippen LogP contribution in [0, 0.1) is 11.8 Å². The van der Waals surface area contributed by atoms with Gasteiger partial charge in [0.1, 0.15) is 0 Å². The number of β-amino-alcohol motifs (C(OH)–C–C–N with tert-alkyl or cyclic N) is 1. The van der Waals surface area contributed by atoms with Crippen molar-refractivity contribution in [2.45, 2.75) is 103 Å². The molecule has 1 aliphatic carbocycles. The van der Waals surface area contributed by atoms with E-state index in [1.165, 1.54) is 51.6 Å². The Morgan fingerprint density at radius 1 is 0.488 bits per heavy atom. The second-order valence-electron chi connectivity index (χ2n) is 23.7. The van der Waals surface area contributed by atoms with Crippen molar-refractivity contribution >= 4 is 68.9 Å². The molecule has 6 aromatic carbocycles. The van der Waals surface area contributed by atoms with E-state index in [-0.39, 0.29) is 17.7 Å². The van der Waals surface area contributed by atoms with Crippen LogP contribution in [0.25, 0.3) is 0 Å². The summed E-state index contributed by atoms with van der Waals surface area (Å²) in [5.41, 5.74) is 25.5. The molecule has 3 heterocycles. The fraction of sp³-hybridized carbons (Fsp3) is 0.409. The molecule has 0 aromatic heterocycles. The van der Waals surface area contributed by atoms with Gasteiger partial charge >= 0.3 is 0 Å². The summed E-state index contributed by atoms with van der Waals surface area (Å²) >= 11 is 0. The molecule has 3 amide bonds. The van der Waals surface area contributed by atoms with Gasteiger partial charge in [-0.25, -0.2) is 0 Å². The van der Waals surface area contributed by atoms with Gasteiger partial charge < -0.3 is 64.0 Å². The molecule has 6 aromatic rings. The van der Waals surface area contributed by atoms with Crippen molar-refractivity contribution in [1.29, 1.82) is 0 Å². The Bertz CT molecular complexity index is 2980. The highest BCUT2D eigenvalue weighted by Gasteiger charge is 2.28. The molecule has 0 bridgehead atoms. The lowest BCUT2D eigenvalue weighted by molar-refractivity contribution is 0.0437. The van der Waals surface area contributed by atoms with Gasteiger partial charge in [0.15, 0.2) is 0 Å². The van der Waals surface area contributed by atoms with Crippen molar-refractivity contribution in [3.05, 3.63) is 162 Å². The Morgan fingerprint density at radius 2 is 0.829 bits per heavy atom. The quantitative estimate of drug-likeness (QED) is 0.0362. The number of benzene rings is 6. The fourth-order valence-corrected chi connectivity index (χ4v) is 11.4. The second kappa shape index (κ2) is 29.4. The first-order valence-electron chi connectivity index (χ1n) is 29.5. The summed E-state index contributed by atoms with van der Waals surface area (Å²) in [5.74, 6) is 1.12. The van der Waals surface area contributed by atoms with E-state index in [1.54, 1.807) is 42.5 Å². The van der Waals surface area contributed by atoms with Crippen LogP contribution in [0.3, 0.4) is 0 Å². The molecule has 4 fully saturated rings. The Morgan fingerprint density at radius 3 is 1.20 bits per heavy atom. The number of carbonyl (C=O) groups excluding carboxylic acids is 3. The Labute approximate surface area is 486 Å². The highest BCUT2D eigenvalue weighted by Crippen LogP contribution is 2.28. The third kappa shape index (κ3) is 19.0. The first-order chi connectivity index (χ1) is 39.5. The molecule has 0 unspecified atom stereocenters. The zero-order valence-electron chi connectivity index (χ0n) is 48.5. The molecule has 0 radical (unpaired) electrons. The average molecular weight is 1110 g/mol. The molecule has 3 saturated heterocycles. The largest absolute Gasteiger partial charge is 0.397 e. The van der Waals surface area contributed by atoms with E-state index in [2.05, 4.69) is 60.4 Å². The molecule has 4 aliphatic rings. The van der Waals surface area contributed by atoms with E-state index in [4.69, 9.17) is 17.2 Å². The van der Waals surface area contributed by atoms with Crippen molar-refractivity contribution in [3.63, 3.8) is 0 Å². The molecule has 436 valence electrons. The number of likely N-dealkylation sites (tertiary alicyclic amines) is 3. The molecule has 82 heavy (non-hydrogen) atoms. The number of nitrogens with two attached hydrogens (primary N) is 3. The lowest BCUT2D eigenvalue weighted by Gasteiger charge is -2.26. The van der Waals surface area contributed by atoms with Gasteiger partial charge in [0.2, 0.25) is 0 Å². The van der Waals surface area contributed by atoms with Crippen LogP contribution in [-0.4, -0.2) is 120 Å². The number of aliphatic hydroxyl groups is 1. The Balaban J connectivity index is 0.000000161. The summed E-state index contributed by atoms with van der Waals surface area (Å²) in [5, 5.41) is 29.2. The molecule has 3 aliphatic heterocycles. The van der Waals surface area contributed by atoms with E-state index in [1.807, 2.05) is 117 Å². The summed E-state index contributed by atoms with van der Waals surface area (Å²) in [6.45, 7) is 17.7. The van der Waals surface area contributed by atoms with Crippen LogP contribution in [0.5, 0.6) is 0 Å². The fourth-order valence-electron chi connectivity index (χ4n) is 11.4. The Hall–Kier alpha value is -7.63. The third-order valence-corrected chi connectivity index (χ3v) is 15.5. The van der Waals surface area contributed by atoms with E-state index in [0.29, 0.717) is 81.4 Å². The van der Waals surface area contributed by atoms with Crippen LogP contribution in [0.1, 0.15) is 110 Å². The minimum absolute atomic E-state index is 0.144. The van der Waals surface area contributed by atoms with Crippen molar-refractivity contribution in [3.8, 4) is 0 Å². The maximum absolute atomic E-state index is 12.5. The number of nitrogens with zero attached hydrogens (tertiary/aromatic N) is 3. The molecular weight excluding hydrogens is 1020 g/mol. The van der Waals surface area contributed by atoms with E-state index >= 15 is 0 Å². The number of carbonyl (C=O) groups is 3. The Kier molecular flexibility index (Phi) is 21.7. The van der Waals surface area contributed by atoms with Gasteiger partial charge in [0, 0.05) is 111 Å². The van der Waals surface area contributed by atoms with E-state index in [9.17, 15) is 19.5 Å². The first-order valence-corrected chi connectivity index (χ1v) is 29.5. The van der Waals surface area contributed by atoms with Crippen LogP contribution in [0.15, 0.2) is 146 Å². The van der Waals surface area contributed by atoms with Crippen LogP contribution in [-0.2, 0) is 0 Å². The van der Waals surface area contributed by atoms with Gasteiger partial charge in [-0.05, 0) is 167 Å². The van der Waals surface area contributed by atoms with Gasteiger partial charge in [-0.1, -0.05) is 69.5 Å². The lowest BCUT2D eigenvalue weighted by Crippen LogP contribution is -2.38. The zero-order valence-corrected chi connectivity index (χ0v) is 48.5. The topological polar surface area (TPSA) is 231 Å². The van der Waals surface area contributed by atoms with Crippen LogP contribution >= 0.6 is 0 Å². The SMILES string of the molecule is CC(C)(O)CN1CC[C@@H](Nc2ccc(C(=O)Nc3ccccc3N)cc2)C1.CC(C)CN1CC[C@H](Nc2ccc(C(=O)Nc3ccccc3N)cc2)C1.Nc1ccccc1NC(=O)c1ccc(N[C@@H]2CCN(CC3CCCCC3)C2)cc1. The smallest absolute Gasteiger partial charge is 0.255 e. The number of para-hydroxylation sites is 6. The number of nitrogens with one attached hydrogen (secondary N) is 6. The molecule has 3 atom stereocenters. The van der Waals surface area contributed by atoms with Crippen molar-refractivity contribution in [1.82, 2.24) is 14.7 Å². The number of nitrogen functional groups attached to an aromatic ring is 3. The maximum Gasteiger partial charge on any atom is 0.255 e. The molecule has 16 nitrogen and oxygen atoms in total. The second-order valence-corrected chi connectivity index (χ2v) is 23.7. The molecular formula is C66H88N12O4. The van der Waals surface area contributed by atoms with Crippen LogP contribution in [0.4, 0.5) is 51.2 Å². The molecule has 1 saturated carbocycles. The summed E-state index contributed by atoms with van der Waals surface area (Å²) in [4.78, 5) is 44.6. The monoisotopic (exact) mass is 1110 g/mol. The summed E-state index contributed by atoms with van der Waals surface area (Å²) in [7, 11) is 0. The number of hydrogen-bond acceptors (Lipinski definition) is 13. The van der Waals surface area contributed by atoms with Crippen molar-refractivity contribution in [2.24, 2.45) is 11.8 Å². The zero-order chi connectivity index (χ0) is 58.0. The molecule has 13 N–H and O–H groups in total. The highest BCUT2D eigenvalue weighted by atomic mass is 16.3. The first kappa shape index (κ1) is 60.5. The van der Waals surface area contributed by atoms with E-state index in [0.717, 1.165) is 75.1 Å². The summed E-state index contributed by atoms with van der Waals surface area (Å²) < 4.78 is 0. The minimum Gasteiger partial charge on any atom is -0.397 e. The number of hydrogen-bond donors (Lipinski definition) is 10. The lowest BCUT2D eigenvalue weighted by atomic mass is 9.89.